The molecule has 0 atom stereocenters. The molecule has 0 fully saturated rings. The molecule has 1 heterocycles. The van der Waals surface area contributed by atoms with E-state index >= 15 is 0 Å². The predicted octanol–water partition coefficient (Wildman–Crippen LogP) is 18.0. The lowest BCUT2D eigenvalue weighted by Gasteiger charge is -2.26. The van der Waals surface area contributed by atoms with Crippen LogP contribution in [0.4, 0.5) is 17.1 Å². The van der Waals surface area contributed by atoms with Crippen LogP contribution in [0, 0.1) is 0 Å². The predicted molar refractivity (Wildman–Crippen MR) is 273 cm³/mol. The van der Waals surface area contributed by atoms with E-state index < -0.39 is 0 Å². The fourth-order valence-electron chi connectivity index (χ4n) is 9.86. The number of nitrogens with zero attached hydrogens (tertiary/aromatic N) is 1. The SMILES string of the molecule is CC(C)(C)c1cccc2c1oc1c(N(c3ccc(-c4ccc5cc(-c6ccc7ccccc7c6)ccc5c4)cc3)c3ccc(-c4cccc5ccccc45)cc3)cc3ccccc3c12. The summed E-state index contributed by atoms with van der Waals surface area (Å²) in [6.07, 6.45) is 0. The van der Waals surface area contributed by atoms with Gasteiger partial charge in [-0.3, -0.25) is 0 Å². The van der Waals surface area contributed by atoms with E-state index in [-0.39, 0.29) is 5.41 Å². The molecule has 12 rings (SSSR count). The van der Waals surface area contributed by atoms with Crippen molar-refractivity contribution in [1.82, 2.24) is 0 Å². The lowest BCUT2D eigenvalue weighted by Crippen LogP contribution is -2.11. The van der Waals surface area contributed by atoms with Crippen molar-refractivity contribution in [2.75, 3.05) is 4.90 Å². The number of furan rings is 1. The van der Waals surface area contributed by atoms with Gasteiger partial charge < -0.3 is 9.32 Å². The van der Waals surface area contributed by atoms with E-state index in [9.17, 15) is 0 Å². The second-order valence-electron chi connectivity index (χ2n) is 18.1. The molecule has 2 nitrogen and oxygen atoms in total. The average molecular weight is 820 g/mol. The molecule has 0 bridgehead atoms. The van der Waals surface area contributed by atoms with Gasteiger partial charge in [-0.25, -0.2) is 0 Å². The van der Waals surface area contributed by atoms with Crippen LogP contribution in [0.2, 0.25) is 0 Å². The highest BCUT2D eigenvalue weighted by Gasteiger charge is 2.26. The monoisotopic (exact) mass is 819 g/mol. The Morgan fingerprint density at radius 3 is 1.50 bits per heavy atom. The number of anilines is 3. The van der Waals surface area contributed by atoms with Crippen LogP contribution in [-0.4, -0.2) is 0 Å². The van der Waals surface area contributed by atoms with Gasteiger partial charge in [0.2, 0.25) is 0 Å². The van der Waals surface area contributed by atoms with E-state index in [2.05, 4.69) is 244 Å². The zero-order chi connectivity index (χ0) is 42.9. The highest BCUT2D eigenvalue weighted by molar-refractivity contribution is 6.23. The Balaban J connectivity index is 0.987. The fourth-order valence-corrected chi connectivity index (χ4v) is 9.86. The molecule has 1 aromatic heterocycles. The number of hydrogen-bond donors (Lipinski definition) is 0. The molecule has 0 amide bonds. The molecule has 0 aliphatic heterocycles. The van der Waals surface area contributed by atoms with Gasteiger partial charge in [0.05, 0.1) is 5.69 Å². The summed E-state index contributed by atoms with van der Waals surface area (Å²) in [4.78, 5) is 2.37. The quantitative estimate of drug-likeness (QED) is 0.166. The zero-order valence-electron chi connectivity index (χ0n) is 36.1. The molecule has 0 saturated heterocycles. The summed E-state index contributed by atoms with van der Waals surface area (Å²) in [5, 5.41) is 12.1. The molecule has 2 heteroatoms. The maximum Gasteiger partial charge on any atom is 0.160 e. The van der Waals surface area contributed by atoms with E-state index in [4.69, 9.17) is 4.42 Å². The molecule has 304 valence electrons. The van der Waals surface area contributed by atoms with Crippen molar-refractivity contribution in [2.24, 2.45) is 0 Å². The maximum absolute atomic E-state index is 7.16. The lowest BCUT2D eigenvalue weighted by molar-refractivity contribution is 0.573. The third-order valence-electron chi connectivity index (χ3n) is 13.1. The third-order valence-corrected chi connectivity index (χ3v) is 13.1. The van der Waals surface area contributed by atoms with Crippen LogP contribution in [0.3, 0.4) is 0 Å². The van der Waals surface area contributed by atoms with E-state index in [1.807, 2.05) is 0 Å². The number of para-hydroxylation sites is 1. The summed E-state index contributed by atoms with van der Waals surface area (Å²) in [7, 11) is 0. The molecule has 0 saturated carbocycles. The normalized spacial score (nSPS) is 12.0. The van der Waals surface area contributed by atoms with Crippen molar-refractivity contribution in [3.63, 3.8) is 0 Å². The molecule has 0 radical (unpaired) electrons. The number of benzene rings is 11. The van der Waals surface area contributed by atoms with Gasteiger partial charge in [0.1, 0.15) is 5.58 Å². The topological polar surface area (TPSA) is 16.4 Å². The van der Waals surface area contributed by atoms with Crippen LogP contribution in [-0.2, 0) is 5.41 Å². The first-order valence-electron chi connectivity index (χ1n) is 22.2. The van der Waals surface area contributed by atoms with Gasteiger partial charge in [0, 0.05) is 27.7 Å². The van der Waals surface area contributed by atoms with E-state index in [1.165, 1.54) is 76.5 Å². The van der Waals surface area contributed by atoms with Crippen LogP contribution < -0.4 is 4.90 Å². The van der Waals surface area contributed by atoms with Crippen molar-refractivity contribution < 1.29 is 4.42 Å². The Hall–Kier alpha value is -7.94. The van der Waals surface area contributed by atoms with Gasteiger partial charge in [-0.05, 0) is 130 Å². The van der Waals surface area contributed by atoms with Gasteiger partial charge in [-0.2, -0.15) is 0 Å². The third kappa shape index (κ3) is 6.41. The van der Waals surface area contributed by atoms with E-state index in [0.29, 0.717) is 0 Å². The van der Waals surface area contributed by atoms with Crippen molar-refractivity contribution in [1.29, 1.82) is 0 Å². The largest absolute Gasteiger partial charge is 0.454 e. The Labute approximate surface area is 373 Å². The maximum atomic E-state index is 7.16. The van der Waals surface area contributed by atoms with Gasteiger partial charge in [-0.15, -0.1) is 0 Å². The Bertz CT molecular complexity index is 3750. The molecule has 64 heavy (non-hydrogen) atoms. The molecule has 11 aromatic carbocycles. The summed E-state index contributed by atoms with van der Waals surface area (Å²) >= 11 is 0. The van der Waals surface area contributed by atoms with Gasteiger partial charge in [0.25, 0.3) is 0 Å². The highest BCUT2D eigenvalue weighted by Crippen LogP contribution is 2.48. The second kappa shape index (κ2) is 14.9. The molecule has 0 aliphatic rings. The zero-order valence-corrected chi connectivity index (χ0v) is 36.1. The van der Waals surface area contributed by atoms with Crippen molar-refractivity contribution in [3.8, 4) is 33.4 Å². The molecule has 12 aromatic rings. The second-order valence-corrected chi connectivity index (χ2v) is 18.1. The first kappa shape index (κ1) is 37.8. The summed E-state index contributed by atoms with van der Waals surface area (Å²) in [6, 6.07) is 79.8. The summed E-state index contributed by atoms with van der Waals surface area (Å²) < 4.78 is 7.16. The standard InChI is InChI=1S/C62H45NO/c1-62(2,3)57-21-11-20-56-59-55-18-9-7-15-50(55)39-58(61(59)64-60(56)57)63(52-34-30-43(31-35-52)54-19-10-16-42-13-6-8-17-53(42)54)51-32-28-41(29-33-51)45-24-25-48-38-49(27-26-47(48)37-45)46-23-22-40-12-4-5-14-44(40)36-46/h4-39H,1-3H3. The summed E-state index contributed by atoms with van der Waals surface area (Å²) in [5.41, 5.74) is 13.2. The minimum Gasteiger partial charge on any atom is -0.454 e. The van der Waals surface area contributed by atoms with Crippen LogP contribution in [0.15, 0.2) is 223 Å². The molecular formula is C62H45NO. The number of rotatable bonds is 6. The van der Waals surface area contributed by atoms with Crippen LogP contribution in [0.1, 0.15) is 26.3 Å². The Morgan fingerprint density at radius 2 is 0.828 bits per heavy atom. The molecule has 0 aliphatic carbocycles. The van der Waals surface area contributed by atoms with E-state index in [0.717, 1.165) is 44.6 Å². The summed E-state index contributed by atoms with van der Waals surface area (Å²) in [6.45, 7) is 6.79. The molecule has 0 N–H and O–H groups in total. The van der Waals surface area contributed by atoms with Crippen molar-refractivity contribution in [2.45, 2.75) is 26.2 Å². The first-order valence-corrected chi connectivity index (χ1v) is 22.2. The minimum atomic E-state index is -0.0986. The van der Waals surface area contributed by atoms with Crippen molar-refractivity contribution in [3.05, 3.63) is 224 Å². The van der Waals surface area contributed by atoms with Crippen LogP contribution >= 0.6 is 0 Å². The molecular weight excluding hydrogens is 775 g/mol. The summed E-state index contributed by atoms with van der Waals surface area (Å²) in [5.74, 6) is 0. The van der Waals surface area contributed by atoms with Crippen molar-refractivity contribution >= 4 is 82.1 Å². The van der Waals surface area contributed by atoms with Gasteiger partial charge >= 0.3 is 0 Å². The first-order chi connectivity index (χ1) is 31.3. The highest BCUT2D eigenvalue weighted by atomic mass is 16.3. The number of hydrogen-bond acceptors (Lipinski definition) is 2. The molecule has 0 spiro atoms. The van der Waals surface area contributed by atoms with Crippen LogP contribution in [0.5, 0.6) is 0 Å². The van der Waals surface area contributed by atoms with E-state index in [1.54, 1.807) is 0 Å². The van der Waals surface area contributed by atoms with Gasteiger partial charge in [-0.1, -0.05) is 191 Å². The van der Waals surface area contributed by atoms with Crippen LogP contribution in [0.25, 0.3) is 98.4 Å². The Morgan fingerprint density at radius 1 is 0.344 bits per heavy atom. The minimum absolute atomic E-state index is 0.0986. The smallest absolute Gasteiger partial charge is 0.160 e. The van der Waals surface area contributed by atoms with Gasteiger partial charge in [0.15, 0.2) is 5.58 Å². The Kier molecular flexibility index (Phi) is 8.77. The fraction of sp³-hybridized carbons (Fsp3) is 0.0645. The molecule has 0 unspecified atom stereocenters. The number of fused-ring (bicyclic) bond motifs is 8. The average Bonchev–Trinajstić information content (AvgIpc) is 3.74. The lowest BCUT2D eigenvalue weighted by atomic mass is 9.86.